The summed E-state index contributed by atoms with van der Waals surface area (Å²) in [5, 5.41) is 0. The largest absolute Gasteiger partial charge is 0.454 e. The van der Waals surface area contributed by atoms with Gasteiger partial charge in [-0.25, -0.2) is 4.79 Å². The Hall–Kier alpha value is -1.07. The van der Waals surface area contributed by atoms with Crippen LogP contribution < -0.4 is 0 Å². The average Bonchev–Trinajstić information content (AvgIpc) is 2.68. The predicted octanol–water partition coefficient (Wildman–Crippen LogP) is 0.849. The van der Waals surface area contributed by atoms with Gasteiger partial charge in [0.1, 0.15) is 12.2 Å². The summed E-state index contributed by atoms with van der Waals surface area (Å²) in [5.74, 6) is -0.492. The number of ether oxygens (including phenoxy) is 8. The quantitative estimate of drug-likeness (QED) is 0.165. The minimum Gasteiger partial charge on any atom is -0.454 e. The van der Waals surface area contributed by atoms with Crippen molar-refractivity contribution in [3.8, 4) is 0 Å². The Balaban J connectivity index is 4.54. The Morgan fingerprint density at radius 2 is 1.14 bits per heavy atom. The molecule has 1 unspecified atom stereocenters. The van der Waals surface area contributed by atoms with Gasteiger partial charge in [-0.15, -0.1) is 0 Å². The van der Waals surface area contributed by atoms with E-state index in [9.17, 15) is 4.79 Å². The fourth-order valence-corrected chi connectivity index (χ4v) is 1.83. The molecule has 166 valence electrons. The zero-order valence-electron chi connectivity index (χ0n) is 17.6. The van der Waals surface area contributed by atoms with Crippen molar-refractivity contribution in [3.05, 3.63) is 12.2 Å². The molecule has 9 heteroatoms. The van der Waals surface area contributed by atoms with Crippen LogP contribution in [0.25, 0.3) is 0 Å². The number of hydrogen-bond donors (Lipinski definition) is 0. The molecule has 0 aromatic rings. The molecular weight excluding hydrogens is 372 g/mol. The van der Waals surface area contributed by atoms with Gasteiger partial charge < -0.3 is 37.9 Å². The minimum absolute atomic E-state index is 0.137. The second-order valence-corrected chi connectivity index (χ2v) is 5.97. The lowest BCUT2D eigenvalue weighted by Crippen LogP contribution is -2.35. The van der Waals surface area contributed by atoms with E-state index < -0.39 is 12.1 Å². The lowest BCUT2D eigenvalue weighted by Gasteiger charge is -2.23. The van der Waals surface area contributed by atoms with Crippen LogP contribution in [-0.2, 0) is 42.7 Å². The molecule has 0 aromatic carbocycles. The Morgan fingerprint density at radius 1 is 0.714 bits per heavy atom. The van der Waals surface area contributed by atoms with Gasteiger partial charge in [0.15, 0.2) is 0 Å². The van der Waals surface area contributed by atoms with E-state index in [0.29, 0.717) is 58.4 Å². The van der Waals surface area contributed by atoms with E-state index in [1.165, 1.54) is 0 Å². The van der Waals surface area contributed by atoms with Crippen LogP contribution in [0.3, 0.4) is 0 Å². The van der Waals surface area contributed by atoms with Gasteiger partial charge in [0.05, 0.1) is 66.1 Å². The molecule has 0 saturated carbocycles. The number of rotatable bonds is 20. The topological polar surface area (TPSA) is 90.9 Å². The van der Waals surface area contributed by atoms with Crippen LogP contribution in [0.1, 0.15) is 6.92 Å². The first-order valence-electron chi connectivity index (χ1n) is 9.23. The van der Waals surface area contributed by atoms with Gasteiger partial charge in [0.25, 0.3) is 0 Å². The summed E-state index contributed by atoms with van der Waals surface area (Å²) >= 11 is 0. The first-order valence-corrected chi connectivity index (χ1v) is 9.23. The monoisotopic (exact) mass is 408 g/mol. The van der Waals surface area contributed by atoms with Gasteiger partial charge >= 0.3 is 5.97 Å². The van der Waals surface area contributed by atoms with Crippen molar-refractivity contribution in [2.24, 2.45) is 0 Å². The van der Waals surface area contributed by atoms with Crippen LogP contribution in [0.5, 0.6) is 0 Å². The van der Waals surface area contributed by atoms with Crippen molar-refractivity contribution in [2.45, 2.75) is 19.1 Å². The molecule has 9 nitrogen and oxygen atoms in total. The van der Waals surface area contributed by atoms with E-state index >= 15 is 0 Å². The highest BCUT2D eigenvalue weighted by Gasteiger charge is 2.19. The highest BCUT2D eigenvalue weighted by molar-refractivity contribution is 5.87. The van der Waals surface area contributed by atoms with Crippen molar-refractivity contribution in [2.75, 3.05) is 87.4 Å². The van der Waals surface area contributed by atoms with E-state index in [4.69, 9.17) is 37.9 Å². The molecule has 0 spiro atoms. The molecule has 28 heavy (non-hydrogen) atoms. The van der Waals surface area contributed by atoms with Gasteiger partial charge in [0, 0.05) is 26.9 Å². The van der Waals surface area contributed by atoms with Crippen LogP contribution in [0.15, 0.2) is 12.2 Å². The fourth-order valence-electron chi connectivity index (χ4n) is 1.83. The van der Waals surface area contributed by atoms with E-state index in [2.05, 4.69) is 6.58 Å². The zero-order chi connectivity index (χ0) is 21.0. The van der Waals surface area contributed by atoms with Gasteiger partial charge in [-0.3, -0.25) is 0 Å². The maximum atomic E-state index is 11.8. The van der Waals surface area contributed by atoms with E-state index in [-0.39, 0.29) is 19.3 Å². The second-order valence-electron chi connectivity index (χ2n) is 5.97. The summed E-state index contributed by atoms with van der Waals surface area (Å²) < 4.78 is 42.6. The average molecular weight is 408 g/mol. The van der Waals surface area contributed by atoms with Crippen molar-refractivity contribution >= 4 is 5.97 Å². The Morgan fingerprint density at radius 3 is 1.54 bits per heavy atom. The Bertz CT molecular complexity index is 378. The molecule has 0 aromatic heterocycles. The van der Waals surface area contributed by atoms with Crippen LogP contribution >= 0.6 is 0 Å². The van der Waals surface area contributed by atoms with Crippen LogP contribution in [0.4, 0.5) is 0 Å². The molecule has 0 aliphatic carbocycles. The molecule has 0 fully saturated rings. The summed E-state index contributed by atoms with van der Waals surface area (Å²) in [6.07, 6.45) is -0.916. The number of esters is 1. The Labute approximate surface area is 168 Å². The van der Waals surface area contributed by atoms with Crippen molar-refractivity contribution in [1.29, 1.82) is 0 Å². The maximum absolute atomic E-state index is 11.8. The highest BCUT2D eigenvalue weighted by Crippen LogP contribution is 2.05. The summed E-state index contributed by atoms with van der Waals surface area (Å²) in [4.78, 5) is 11.8. The van der Waals surface area contributed by atoms with E-state index in [1.807, 2.05) is 0 Å². The SMILES string of the molecule is C=C(C)C(=O)OC(COCCOC)COC(COCCOC)COCCOC. The van der Waals surface area contributed by atoms with Crippen molar-refractivity contribution < 1.29 is 42.7 Å². The summed E-state index contributed by atoms with van der Waals surface area (Å²) in [6, 6.07) is 0. The third-order valence-electron chi connectivity index (χ3n) is 3.35. The minimum atomic E-state index is -0.582. The molecule has 0 saturated heterocycles. The first-order chi connectivity index (χ1) is 13.5. The summed E-state index contributed by atoms with van der Waals surface area (Å²) in [6.45, 7) is 8.85. The van der Waals surface area contributed by atoms with E-state index in [0.717, 1.165) is 0 Å². The molecule has 0 aliphatic heterocycles. The molecule has 0 radical (unpaired) electrons. The lowest BCUT2D eigenvalue weighted by molar-refractivity contribution is -0.156. The summed E-state index contributed by atoms with van der Waals surface area (Å²) in [7, 11) is 4.80. The standard InChI is InChI=1S/C19H36O9/c1-16(2)19(20)28-18(14-26-11-8-23-5)15-27-17(12-24-9-6-21-3)13-25-10-7-22-4/h17-18H,1,6-15H2,2-5H3. The molecule has 0 amide bonds. The number of carbonyl (C=O) groups is 1. The Kier molecular flexibility index (Phi) is 18.5. The molecule has 0 bridgehead atoms. The van der Waals surface area contributed by atoms with Gasteiger partial charge in [-0.2, -0.15) is 0 Å². The van der Waals surface area contributed by atoms with Gasteiger partial charge in [-0.05, 0) is 6.92 Å². The molecular formula is C19H36O9. The van der Waals surface area contributed by atoms with Gasteiger partial charge in [-0.1, -0.05) is 6.58 Å². The van der Waals surface area contributed by atoms with Gasteiger partial charge in [0.2, 0.25) is 0 Å². The van der Waals surface area contributed by atoms with Crippen molar-refractivity contribution in [1.82, 2.24) is 0 Å². The lowest BCUT2D eigenvalue weighted by atomic mass is 10.3. The van der Waals surface area contributed by atoms with Crippen LogP contribution in [0, 0.1) is 0 Å². The molecule has 0 rings (SSSR count). The highest BCUT2D eigenvalue weighted by atomic mass is 16.6. The first kappa shape index (κ1) is 26.9. The zero-order valence-corrected chi connectivity index (χ0v) is 17.6. The number of carbonyl (C=O) groups excluding carboxylic acids is 1. The third-order valence-corrected chi connectivity index (χ3v) is 3.35. The maximum Gasteiger partial charge on any atom is 0.333 e. The second kappa shape index (κ2) is 19.3. The smallest absolute Gasteiger partial charge is 0.333 e. The normalized spacial score (nSPS) is 12.3. The fraction of sp³-hybridized carbons (Fsp3) is 0.842. The number of methoxy groups -OCH3 is 3. The molecule has 0 heterocycles. The van der Waals surface area contributed by atoms with Crippen molar-refractivity contribution in [3.63, 3.8) is 0 Å². The van der Waals surface area contributed by atoms with Crippen LogP contribution in [0.2, 0.25) is 0 Å². The molecule has 0 N–H and O–H groups in total. The molecule has 0 aliphatic rings. The van der Waals surface area contributed by atoms with E-state index in [1.54, 1.807) is 28.3 Å². The third kappa shape index (κ3) is 15.9. The van der Waals surface area contributed by atoms with Crippen LogP contribution in [-0.4, -0.2) is 106 Å². The molecule has 1 atom stereocenters. The predicted molar refractivity (Wildman–Crippen MR) is 103 cm³/mol. The number of hydrogen-bond acceptors (Lipinski definition) is 9. The summed E-state index contributed by atoms with van der Waals surface area (Å²) in [5.41, 5.74) is 0.309.